The first kappa shape index (κ1) is 22.2. The van der Waals surface area contributed by atoms with Gasteiger partial charge in [0, 0.05) is 6.04 Å². The van der Waals surface area contributed by atoms with Crippen LogP contribution in [0.3, 0.4) is 0 Å². The molecule has 0 aliphatic heterocycles. The third-order valence-corrected chi connectivity index (χ3v) is 6.03. The Balaban J connectivity index is 1.37. The molecule has 1 N–H and O–H groups in total. The molecule has 0 saturated heterocycles. The number of nitrogens with one attached hydrogen (secondary N) is 1. The fourth-order valence-corrected chi connectivity index (χ4v) is 4.11. The largest absolute Gasteiger partial charge is 0.496 e. The number of carbonyl (C=O) groups excluding carboxylic acids is 2. The molecule has 1 aromatic heterocycles. The molecule has 0 radical (unpaired) electrons. The summed E-state index contributed by atoms with van der Waals surface area (Å²) in [5.74, 6) is 0.734. The lowest BCUT2D eigenvalue weighted by Gasteiger charge is -2.11. The van der Waals surface area contributed by atoms with Gasteiger partial charge in [-0.15, -0.1) is 10.2 Å². The highest BCUT2D eigenvalue weighted by molar-refractivity contribution is 7.99. The lowest BCUT2D eigenvalue weighted by atomic mass is 10.2. The predicted molar refractivity (Wildman–Crippen MR) is 120 cm³/mol. The molecular formula is C22H21ClN4O4S. The van der Waals surface area contributed by atoms with Gasteiger partial charge in [-0.25, -0.2) is 0 Å². The number of aromatic nitrogens is 3. The molecule has 166 valence electrons. The van der Waals surface area contributed by atoms with Gasteiger partial charge in [0.25, 0.3) is 5.91 Å². The maximum atomic E-state index is 12.4. The minimum absolute atomic E-state index is 0.0249. The quantitative estimate of drug-likeness (QED) is 0.472. The molecule has 0 atom stereocenters. The zero-order valence-corrected chi connectivity index (χ0v) is 18.9. The molecule has 2 aromatic carbocycles. The molecule has 1 saturated carbocycles. The summed E-state index contributed by atoms with van der Waals surface area (Å²) in [4.78, 5) is 24.8. The second kappa shape index (κ2) is 10.1. The molecule has 4 rings (SSSR count). The number of para-hydroxylation sites is 2. The van der Waals surface area contributed by atoms with Gasteiger partial charge in [-0.05, 0) is 37.1 Å². The van der Waals surface area contributed by atoms with E-state index in [1.165, 1.54) is 18.9 Å². The van der Waals surface area contributed by atoms with E-state index >= 15 is 0 Å². The van der Waals surface area contributed by atoms with Crippen LogP contribution in [-0.4, -0.2) is 39.4 Å². The average Bonchev–Trinajstić information content (AvgIpc) is 3.56. The van der Waals surface area contributed by atoms with Crippen molar-refractivity contribution in [3.63, 3.8) is 0 Å². The average molecular weight is 473 g/mol. The summed E-state index contributed by atoms with van der Waals surface area (Å²) in [5.41, 5.74) is 0.300. The SMILES string of the molecule is COc1ccccc1C(=O)NC(=O)CSc1nnc(COc2ccccc2Cl)n1C1CC1. The number of rotatable bonds is 9. The van der Waals surface area contributed by atoms with Crippen LogP contribution >= 0.6 is 23.4 Å². The summed E-state index contributed by atoms with van der Waals surface area (Å²) >= 11 is 7.38. The molecule has 10 heteroatoms. The van der Waals surface area contributed by atoms with Crippen molar-refractivity contribution < 1.29 is 19.1 Å². The number of methoxy groups -OCH3 is 1. The third kappa shape index (κ3) is 5.23. The fourth-order valence-electron chi connectivity index (χ4n) is 3.10. The van der Waals surface area contributed by atoms with Gasteiger partial charge in [-0.1, -0.05) is 47.6 Å². The number of hydrogen-bond acceptors (Lipinski definition) is 7. The summed E-state index contributed by atoms with van der Waals surface area (Å²) in [6, 6.07) is 14.2. The van der Waals surface area contributed by atoms with Crippen molar-refractivity contribution in [3.8, 4) is 11.5 Å². The van der Waals surface area contributed by atoms with E-state index in [1.54, 1.807) is 36.4 Å². The van der Waals surface area contributed by atoms with Gasteiger partial charge < -0.3 is 9.47 Å². The number of nitrogens with zero attached hydrogens (tertiary/aromatic N) is 3. The summed E-state index contributed by atoms with van der Waals surface area (Å²) in [7, 11) is 1.47. The molecule has 0 bridgehead atoms. The smallest absolute Gasteiger partial charge is 0.261 e. The monoisotopic (exact) mass is 472 g/mol. The van der Waals surface area contributed by atoms with E-state index in [1.807, 2.05) is 16.7 Å². The maximum Gasteiger partial charge on any atom is 0.261 e. The molecule has 2 amide bonds. The Morgan fingerprint density at radius 2 is 1.84 bits per heavy atom. The Bertz CT molecular complexity index is 1130. The van der Waals surface area contributed by atoms with Gasteiger partial charge in [0.15, 0.2) is 11.0 Å². The molecule has 1 fully saturated rings. The van der Waals surface area contributed by atoms with Gasteiger partial charge in [0.05, 0.1) is 23.4 Å². The first-order chi connectivity index (χ1) is 15.6. The first-order valence-corrected chi connectivity index (χ1v) is 11.3. The Morgan fingerprint density at radius 3 is 2.56 bits per heavy atom. The van der Waals surface area contributed by atoms with Gasteiger partial charge in [0.1, 0.15) is 18.1 Å². The Labute approximate surface area is 194 Å². The highest BCUT2D eigenvalue weighted by Gasteiger charge is 2.30. The van der Waals surface area contributed by atoms with E-state index in [0.717, 1.165) is 12.8 Å². The van der Waals surface area contributed by atoms with Gasteiger partial charge >= 0.3 is 0 Å². The van der Waals surface area contributed by atoms with Crippen LogP contribution in [-0.2, 0) is 11.4 Å². The number of hydrogen-bond donors (Lipinski definition) is 1. The molecule has 32 heavy (non-hydrogen) atoms. The number of benzene rings is 2. The van der Waals surface area contributed by atoms with Crippen molar-refractivity contribution >= 4 is 35.2 Å². The van der Waals surface area contributed by atoms with Crippen LogP contribution in [0.15, 0.2) is 53.7 Å². The predicted octanol–water partition coefficient (Wildman–Crippen LogP) is 3.90. The summed E-state index contributed by atoms with van der Waals surface area (Å²) in [6.07, 6.45) is 2.03. The number of ether oxygens (including phenoxy) is 2. The second-order valence-electron chi connectivity index (χ2n) is 7.09. The number of amides is 2. The lowest BCUT2D eigenvalue weighted by molar-refractivity contribution is -0.117. The van der Waals surface area contributed by atoms with Crippen LogP contribution in [0, 0.1) is 0 Å². The van der Waals surface area contributed by atoms with E-state index < -0.39 is 11.8 Å². The van der Waals surface area contributed by atoms with E-state index in [0.29, 0.717) is 33.1 Å². The normalized spacial score (nSPS) is 12.9. The minimum atomic E-state index is -0.509. The van der Waals surface area contributed by atoms with Gasteiger partial charge in [-0.2, -0.15) is 0 Å². The zero-order chi connectivity index (χ0) is 22.5. The number of thioether (sulfide) groups is 1. The van der Waals surface area contributed by atoms with Crippen LogP contribution in [0.4, 0.5) is 0 Å². The summed E-state index contributed by atoms with van der Waals surface area (Å²) in [5, 5.41) is 12.0. The lowest BCUT2D eigenvalue weighted by Crippen LogP contribution is -2.32. The molecule has 8 nitrogen and oxygen atoms in total. The molecule has 0 unspecified atom stereocenters. The van der Waals surface area contributed by atoms with Gasteiger partial charge in [0.2, 0.25) is 5.91 Å². The zero-order valence-electron chi connectivity index (χ0n) is 17.3. The van der Waals surface area contributed by atoms with E-state index in [-0.39, 0.29) is 18.4 Å². The summed E-state index contributed by atoms with van der Waals surface area (Å²) < 4.78 is 13.0. The number of carbonyl (C=O) groups is 2. The molecule has 1 aliphatic rings. The molecule has 3 aromatic rings. The highest BCUT2D eigenvalue weighted by atomic mass is 35.5. The Kier molecular flexibility index (Phi) is 6.96. The molecular weight excluding hydrogens is 452 g/mol. The van der Waals surface area contributed by atoms with Gasteiger partial charge in [-0.3, -0.25) is 19.5 Å². The van der Waals surface area contributed by atoms with Crippen LogP contribution in [0.25, 0.3) is 0 Å². The summed E-state index contributed by atoms with van der Waals surface area (Å²) in [6.45, 7) is 0.215. The van der Waals surface area contributed by atoms with E-state index in [9.17, 15) is 9.59 Å². The van der Waals surface area contributed by atoms with Crippen LogP contribution in [0.1, 0.15) is 35.1 Å². The van der Waals surface area contributed by atoms with Crippen LogP contribution in [0.2, 0.25) is 5.02 Å². The van der Waals surface area contributed by atoms with E-state index in [4.69, 9.17) is 21.1 Å². The second-order valence-corrected chi connectivity index (χ2v) is 8.44. The van der Waals surface area contributed by atoms with Crippen LogP contribution in [0.5, 0.6) is 11.5 Å². The first-order valence-electron chi connectivity index (χ1n) is 9.98. The van der Waals surface area contributed by atoms with Crippen molar-refractivity contribution in [2.45, 2.75) is 30.6 Å². The van der Waals surface area contributed by atoms with Crippen molar-refractivity contribution in [1.29, 1.82) is 0 Å². The fraction of sp³-hybridized carbons (Fsp3) is 0.273. The van der Waals surface area contributed by atoms with Crippen molar-refractivity contribution in [3.05, 3.63) is 64.9 Å². The molecule has 1 aliphatic carbocycles. The highest BCUT2D eigenvalue weighted by Crippen LogP contribution is 2.39. The third-order valence-electron chi connectivity index (χ3n) is 4.78. The standard InChI is InChI=1S/C22H21ClN4O4S/c1-30-17-8-4-2-6-15(17)21(29)24-20(28)13-32-22-26-25-19(27(22)14-10-11-14)12-31-18-9-5-3-7-16(18)23/h2-9,14H,10-13H2,1H3,(H,24,28,29). The van der Waals surface area contributed by atoms with Crippen LogP contribution < -0.4 is 14.8 Å². The number of halogens is 1. The van der Waals surface area contributed by atoms with Crippen molar-refractivity contribution in [1.82, 2.24) is 20.1 Å². The molecule has 0 spiro atoms. The number of imide groups is 1. The minimum Gasteiger partial charge on any atom is -0.496 e. The Hall–Kier alpha value is -3.04. The van der Waals surface area contributed by atoms with E-state index in [2.05, 4.69) is 15.5 Å². The topological polar surface area (TPSA) is 95.3 Å². The van der Waals surface area contributed by atoms with Crippen molar-refractivity contribution in [2.24, 2.45) is 0 Å². The Morgan fingerprint density at radius 1 is 1.12 bits per heavy atom. The van der Waals surface area contributed by atoms with Crippen molar-refractivity contribution in [2.75, 3.05) is 12.9 Å². The molecule has 1 heterocycles. The maximum absolute atomic E-state index is 12.4.